The Labute approximate surface area is 109 Å². The molecule has 0 saturated heterocycles. The largest absolute Gasteiger partial charge is 0.497 e. The lowest BCUT2D eigenvalue weighted by Crippen LogP contribution is -2.10. The maximum absolute atomic E-state index is 5.84. The third kappa shape index (κ3) is 1.99. The molecular formula is C13H11ClN2O2. The molecule has 0 fully saturated rings. The van der Waals surface area contributed by atoms with E-state index in [0.717, 1.165) is 5.56 Å². The first-order chi connectivity index (χ1) is 8.74. The van der Waals surface area contributed by atoms with Crippen LogP contribution in [0.25, 0.3) is 11.4 Å². The highest BCUT2D eigenvalue weighted by Gasteiger charge is 2.27. The fourth-order valence-electron chi connectivity index (χ4n) is 1.86. The minimum atomic E-state index is 0.0264. The van der Waals surface area contributed by atoms with Crippen LogP contribution in [0.4, 0.5) is 0 Å². The van der Waals surface area contributed by atoms with Crippen LogP contribution < -0.4 is 0 Å². The number of ether oxygens (including phenoxy) is 1. The summed E-state index contributed by atoms with van der Waals surface area (Å²) in [5.74, 6) is 1.16. The number of hydrogen-bond acceptors (Lipinski definition) is 4. The highest BCUT2D eigenvalue weighted by Crippen LogP contribution is 2.28. The average Bonchev–Trinajstić information content (AvgIpc) is 2.98. The van der Waals surface area contributed by atoms with Crippen molar-refractivity contribution >= 4 is 11.6 Å². The van der Waals surface area contributed by atoms with Gasteiger partial charge in [0.05, 0.1) is 12.2 Å². The van der Waals surface area contributed by atoms with Gasteiger partial charge in [-0.3, -0.25) is 0 Å². The van der Waals surface area contributed by atoms with E-state index >= 15 is 0 Å². The quantitative estimate of drug-likeness (QED) is 0.832. The second-order valence-electron chi connectivity index (χ2n) is 4.16. The van der Waals surface area contributed by atoms with Gasteiger partial charge in [-0.1, -0.05) is 16.8 Å². The highest BCUT2D eigenvalue weighted by molar-refractivity contribution is 6.30. The summed E-state index contributed by atoms with van der Waals surface area (Å²) < 4.78 is 10.6. The minimum absolute atomic E-state index is 0.0264. The van der Waals surface area contributed by atoms with E-state index in [2.05, 4.69) is 10.1 Å². The van der Waals surface area contributed by atoms with Crippen molar-refractivity contribution in [2.24, 2.45) is 0 Å². The lowest BCUT2D eigenvalue weighted by molar-refractivity contribution is 0.162. The molecular weight excluding hydrogens is 252 g/mol. The van der Waals surface area contributed by atoms with Crippen LogP contribution in [0.3, 0.4) is 0 Å². The Balaban J connectivity index is 1.89. The molecule has 92 valence electrons. The molecule has 2 atom stereocenters. The molecule has 1 aromatic heterocycles. The van der Waals surface area contributed by atoms with Crippen molar-refractivity contribution in [3.8, 4) is 11.4 Å². The summed E-state index contributed by atoms with van der Waals surface area (Å²) in [5.41, 5.74) is 0.880. The van der Waals surface area contributed by atoms with E-state index in [1.807, 2.05) is 25.1 Å². The van der Waals surface area contributed by atoms with Crippen LogP contribution in [0.2, 0.25) is 5.02 Å². The first kappa shape index (κ1) is 11.3. The van der Waals surface area contributed by atoms with Gasteiger partial charge in [-0.15, -0.1) is 0 Å². The van der Waals surface area contributed by atoms with Crippen LogP contribution in [0.15, 0.2) is 41.1 Å². The predicted octanol–water partition coefficient (Wildman–Crippen LogP) is 3.41. The second-order valence-corrected chi connectivity index (χ2v) is 4.60. The van der Waals surface area contributed by atoms with Gasteiger partial charge in [0.25, 0.3) is 0 Å². The minimum Gasteiger partial charge on any atom is -0.497 e. The summed E-state index contributed by atoms with van der Waals surface area (Å²) in [5, 5.41) is 4.66. The van der Waals surface area contributed by atoms with Gasteiger partial charge in [0.2, 0.25) is 11.7 Å². The zero-order chi connectivity index (χ0) is 12.5. The van der Waals surface area contributed by atoms with Gasteiger partial charge in [-0.2, -0.15) is 4.98 Å². The van der Waals surface area contributed by atoms with Gasteiger partial charge in [-0.25, -0.2) is 0 Å². The van der Waals surface area contributed by atoms with Crippen LogP contribution in [-0.4, -0.2) is 16.2 Å². The molecule has 18 heavy (non-hydrogen) atoms. The van der Waals surface area contributed by atoms with E-state index < -0.39 is 0 Å². The Bertz CT molecular complexity index is 577. The van der Waals surface area contributed by atoms with Crippen LogP contribution in [0.5, 0.6) is 0 Å². The molecule has 5 heteroatoms. The summed E-state index contributed by atoms with van der Waals surface area (Å²) >= 11 is 5.84. The summed E-state index contributed by atoms with van der Waals surface area (Å²) in [4.78, 5) is 4.39. The first-order valence-electron chi connectivity index (χ1n) is 5.66. The molecule has 0 amide bonds. The Morgan fingerprint density at radius 1 is 1.22 bits per heavy atom. The number of nitrogens with zero attached hydrogens (tertiary/aromatic N) is 2. The standard InChI is InChI=1S/C13H11ClN2O2/c1-8-11(6-7-17-8)13-15-12(16-18-13)9-2-4-10(14)5-3-9/h2-8,11H,1H3. The van der Waals surface area contributed by atoms with Crippen molar-refractivity contribution in [2.45, 2.75) is 18.9 Å². The topological polar surface area (TPSA) is 48.2 Å². The number of rotatable bonds is 2. The van der Waals surface area contributed by atoms with Crippen LogP contribution in [-0.2, 0) is 4.74 Å². The number of benzene rings is 1. The summed E-state index contributed by atoms with van der Waals surface area (Å²) in [6.07, 6.45) is 3.62. The molecule has 0 aliphatic carbocycles. The second kappa shape index (κ2) is 4.46. The average molecular weight is 263 g/mol. The molecule has 4 nitrogen and oxygen atoms in total. The molecule has 1 aromatic carbocycles. The molecule has 1 aliphatic heterocycles. The van der Waals surface area contributed by atoms with Crippen molar-refractivity contribution < 1.29 is 9.26 Å². The number of hydrogen-bond donors (Lipinski definition) is 0. The smallest absolute Gasteiger partial charge is 0.237 e. The van der Waals surface area contributed by atoms with Crippen molar-refractivity contribution in [3.05, 3.63) is 47.5 Å². The van der Waals surface area contributed by atoms with Gasteiger partial charge in [0.15, 0.2) is 0 Å². The normalized spacial score (nSPS) is 22.1. The third-order valence-corrected chi connectivity index (χ3v) is 3.17. The number of aromatic nitrogens is 2. The van der Waals surface area contributed by atoms with Gasteiger partial charge < -0.3 is 9.26 Å². The summed E-state index contributed by atoms with van der Waals surface area (Å²) in [7, 11) is 0. The molecule has 0 bridgehead atoms. The maximum atomic E-state index is 5.84. The van der Waals surface area contributed by atoms with Gasteiger partial charge in [0.1, 0.15) is 6.10 Å². The van der Waals surface area contributed by atoms with Crippen molar-refractivity contribution in [3.63, 3.8) is 0 Å². The molecule has 2 unspecified atom stereocenters. The molecule has 2 aromatic rings. The molecule has 0 spiro atoms. The van der Waals surface area contributed by atoms with E-state index in [0.29, 0.717) is 16.7 Å². The van der Waals surface area contributed by atoms with Crippen molar-refractivity contribution in [1.82, 2.24) is 10.1 Å². The SMILES string of the molecule is CC1OC=CC1c1nc(-c2ccc(Cl)cc2)no1. The summed E-state index contributed by atoms with van der Waals surface area (Å²) in [6, 6.07) is 7.32. The van der Waals surface area contributed by atoms with E-state index in [4.69, 9.17) is 20.9 Å². The highest BCUT2D eigenvalue weighted by atomic mass is 35.5. The fraction of sp³-hybridized carbons (Fsp3) is 0.231. The number of halogens is 1. The molecule has 1 aliphatic rings. The Morgan fingerprint density at radius 3 is 2.67 bits per heavy atom. The first-order valence-corrected chi connectivity index (χ1v) is 6.03. The van der Waals surface area contributed by atoms with Crippen LogP contribution in [0, 0.1) is 0 Å². The third-order valence-electron chi connectivity index (χ3n) is 2.91. The molecule has 3 rings (SSSR count). The maximum Gasteiger partial charge on any atom is 0.237 e. The molecule has 0 N–H and O–H groups in total. The van der Waals surface area contributed by atoms with Crippen LogP contribution in [0.1, 0.15) is 18.7 Å². The molecule has 0 radical (unpaired) electrons. The van der Waals surface area contributed by atoms with Crippen LogP contribution >= 0.6 is 11.6 Å². The van der Waals surface area contributed by atoms with E-state index in [9.17, 15) is 0 Å². The monoisotopic (exact) mass is 262 g/mol. The van der Waals surface area contributed by atoms with E-state index in [-0.39, 0.29) is 12.0 Å². The van der Waals surface area contributed by atoms with E-state index in [1.165, 1.54) is 0 Å². The zero-order valence-corrected chi connectivity index (χ0v) is 10.5. The molecule has 2 heterocycles. The zero-order valence-electron chi connectivity index (χ0n) is 9.71. The lowest BCUT2D eigenvalue weighted by Gasteiger charge is -2.08. The lowest BCUT2D eigenvalue weighted by atomic mass is 10.1. The Kier molecular flexibility index (Phi) is 2.80. The van der Waals surface area contributed by atoms with Crippen molar-refractivity contribution in [1.29, 1.82) is 0 Å². The fourth-order valence-corrected chi connectivity index (χ4v) is 1.99. The van der Waals surface area contributed by atoms with Crippen molar-refractivity contribution in [2.75, 3.05) is 0 Å². The predicted molar refractivity (Wildman–Crippen MR) is 67.2 cm³/mol. The van der Waals surface area contributed by atoms with Gasteiger partial charge >= 0.3 is 0 Å². The van der Waals surface area contributed by atoms with Gasteiger partial charge in [-0.05, 0) is 37.3 Å². The summed E-state index contributed by atoms with van der Waals surface area (Å²) in [6.45, 7) is 1.97. The van der Waals surface area contributed by atoms with Gasteiger partial charge in [0, 0.05) is 10.6 Å². The molecule has 0 saturated carbocycles. The Hall–Kier alpha value is -1.81. The van der Waals surface area contributed by atoms with E-state index in [1.54, 1.807) is 18.4 Å². The Morgan fingerprint density at radius 2 is 2.00 bits per heavy atom.